The molecule has 0 bridgehead atoms. The van der Waals surface area contributed by atoms with E-state index in [1.807, 2.05) is 47.4 Å². The second-order valence-corrected chi connectivity index (χ2v) is 9.64. The molecule has 0 N–H and O–H groups in total. The molecule has 2 aliphatic heterocycles. The monoisotopic (exact) mass is 498 g/mol. The third kappa shape index (κ3) is 6.37. The van der Waals surface area contributed by atoms with E-state index in [1.165, 1.54) is 22.6 Å². The van der Waals surface area contributed by atoms with E-state index in [1.54, 1.807) is 6.20 Å². The maximum Gasteiger partial charge on any atom is 0.243 e. The van der Waals surface area contributed by atoms with Crippen LogP contribution < -0.4 is 0 Å². The van der Waals surface area contributed by atoms with Gasteiger partial charge in [0.15, 0.2) is 0 Å². The van der Waals surface area contributed by atoms with Crippen LogP contribution >= 0.6 is 0 Å². The first-order valence-corrected chi connectivity index (χ1v) is 12.8. The second kappa shape index (κ2) is 11.6. The molecule has 37 heavy (non-hydrogen) atoms. The van der Waals surface area contributed by atoms with E-state index in [9.17, 15) is 14.0 Å². The summed E-state index contributed by atoms with van der Waals surface area (Å²) in [6, 6.07) is 20.5. The number of imide groups is 1. The van der Waals surface area contributed by atoms with Gasteiger partial charge < -0.3 is 4.90 Å². The molecule has 7 heteroatoms. The van der Waals surface area contributed by atoms with Crippen LogP contribution in [-0.4, -0.2) is 70.8 Å². The highest BCUT2D eigenvalue weighted by atomic mass is 19.1. The fourth-order valence-corrected chi connectivity index (χ4v) is 5.01. The predicted octanol–water partition coefficient (Wildman–Crippen LogP) is 4.24. The van der Waals surface area contributed by atoms with Gasteiger partial charge in [0, 0.05) is 38.9 Å². The summed E-state index contributed by atoms with van der Waals surface area (Å²) in [7, 11) is 0. The Morgan fingerprint density at radius 2 is 1.51 bits per heavy atom. The minimum Gasteiger partial charge on any atom is -0.301 e. The van der Waals surface area contributed by atoms with Gasteiger partial charge in [0.05, 0.1) is 18.8 Å². The van der Waals surface area contributed by atoms with Crippen molar-refractivity contribution in [2.45, 2.75) is 19.4 Å². The van der Waals surface area contributed by atoms with Gasteiger partial charge in [0.2, 0.25) is 11.8 Å². The summed E-state index contributed by atoms with van der Waals surface area (Å²) in [5.74, 6) is -0.508. The zero-order valence-corrected chi connectivity index (χ0v) is 20.9. The number of piperazine rings is 1. The Morgan fingerprint density at radius 3 is 2.22 bits per heavy atom. The lowest BCUT2D eigenvalue weighted by atomic mass is 9.95. The lowest BCUT2D eigenvalue weighted by molar-refractivity contribution is -0.151. The zero-order valence-electron chi connectivity index (χ0n) is 20.9. The van der Waals surface area contributed by atoms with Crippen LogP contribution in [0.1, 0.15) is 24.1 Å². The average molecular weight is 499 g/mol. The molecule has 0 saturated carbocycles. The fourth-order valence-electron chi connectivity index (χ4n) is 5.01. The number of hydrogen-bond donors (Lipinski definition) is 0. The molecule has 190 valence electrons. The number of carbonyl (C=O) groups is 2. The molecule has 0 atom stereocenters. The Morgan fingerprint density at radius 1 is 0.811 bits per heavy atom. The van der Waals surface area contributed by atoms with E-state index >= 15 is 0 Å². The largest absolute Gasteiger partial charge is 0.301 e. The van der Waals surface area contributed by atoms with Crippen LogP contribution in [0.5, 0.6) is 0 Å². The van der Waals surface area contributed by atoms with Crippen LogP contribution in [0.2, 0.25) is 0 Å². The van der Waals surface area contributed by atoms with Crippen LogP contribution in [-0.2, 0) is 16.1 Å². The molecule has 2 saturated heterocycles. The summed E-state index contributed by atoms with van der Waals surface area (Å²) in [5, 5.41) is 0. The Kier molecular flexibility index (Phi) is 7.82. The van der Waals surface area contributed by atoms with E-state index in [0.29, 0.717) is 19.6 Å². The molecule has 6 nitrogen and oxygen atoms in total. The lowest BCUT2D eigenvalue weighted by Crippen LogP contribution is -2.55. The standard InChI is InChI=1S/C30H31FN4O2/c31-26-10-8-24(9-11-26)28-7-2-1-5-25(28)19-23-12-15-33(16-13-23)17-18-35-29(36)21-34(22-30(35)37)20-27-6-3-4-14-32-27/h1-11,14,19H,12-13,15-18,20-22H2. The molecule has 0 unspecified atom stereocenters. The Labute approximate surface area is 217 Å². The van der Waals surface area contributed by atoms with Crippen LogP contribution in [0.25, 0.3) is 17.2 Å². The van der Waals surface area contributed by atoms with Crippen molar-refractivity contribution < 1.29 is 14.0 Å². The van der Waals surface area contributed by atoms with Crippen LogP contribution in [0.15, 0.2) is 78.5 Å². The van der Waals surface area contributed by atoms with Gasteiger partial charge in [-0.3, -0.25) is 24.4 Å². The summed E-state index contributed by atoms with van der Waals surface area (Å²) in [4.78, 5) is 35.3. The van der Waals surface area contributed by atoms with E-state index in [-0.39, 0.29) is 30.7 Å². The number of aromatic nitrogens is 1. The highest BCUT2D eigenvalue weighted by Gasteiger charge is 2.31. The molecular weight excluding hydrogens is 467 g/mol. The summed E-state index contributed by atoms with van der Waals surface area (Å²) in [5.41, 5.74) is 5.46. The zero-order chi connectivity index (χ0) is 25.6. The molecule has 2 aromatic carbocycles. The number of pyridine rings is 1. The number of halogens is 1. The summed E-state index contributed by atoms with van der Waals surface area (Å²) in [6.45, 7) is 3.89. The fraction of sp³-hybridized carbons (Fsp3) is 0.300. The number of amides is 2. The van der Waals surface area contributed by atoms with Gasteiger partial charge in [-0.2, -0.15) is 0 Å². The molecule has 0 spiro atoms. The summed E-state index contributed by atoms with van der Waals surface area (Å²) in [6.07, 6.45) is 5.86. The van der Waals surface area contributed by atoms with Crippen molar-refractivity contribution in [3.05, 3.63) is 95.6 Å². The number of hydrogen-bond acceptors (Lipinski definition) is 5. The van der Waals surface area contributed by atoms with E-state index in [0.717, 1.165) is 48.3 Å². The molecule has 2 aliphatic rings. The minimum absolute atomic E-state index is 0.137. The molecule has 5 rings (SSSR count). The maximum absolute atomic E-state index is 13.4. The van der Waals surface area contributed by atoms with Gasteiger partial charge in [-0.1, -0.05) is 54.1 Å². The Balaban J connectivity index is 1.13. The first-order chi connectivity index (χ1) is 18.0. The SMILES string of the molecule is O=C1CN(Cc2ccccn2)CC(=O)N1CCN1CCC(=Cc2ccccc2-c2ccc(F)cc2)CC1. The van der Waals surface area contributed by atoms with Crippen molar-refractivity contribution in [2.24, 2.45) is 0 Å². The summed E-state index contributed by atoms with van der Waals surface area (Å²) < 4.78 is 13.4. The number of nitrogens with zero attached hydrogens (tertiary/aromatic N) is 4. The lowest BCUT2D eigenvalue weighted by Gasteiger charge is -2.35. The van der Waals surface area contributed by atoms with Crippen molar-refractivity contribution in [1.29, 1.82) is 0 Å². The van der Waals surface area contributed by atoms with E-state index in [2.05, 4.69) is 28.1 Å². The molecule has 3 aromatic rings. The topological polar surface area (TPSA) is 56.8 Å². The van der Waals surface area contributed by atoms with Crippen molar-refractivity contribution in [3.8, 4) is 11.1 Å². The highest BCUT2D eigenvalue weighted by molar-refractivity contribution is 5.99. The number of carbonyl (C=O) groups excluding carboxylic acids is 2. The van der Waals surface area contributed by atoms with Crippen molar-refractivity contribution in [2.75, 3.05) is 39.3 Å². The van der Waals surface area contributed by atoms with Crippen molar-refractivity contribution in [3.63, 3.8) is 0 Å². The van der Waals surface area contributed by atoms with Gasteiger partial charge in [-0.05, 0) is 53.8 Å². The Hall–Kier alpha value is -3.68. The normalized spacial score (nSPS) is 17.3. The average Bonchev–Trinajstić information content (AvgIpc) is 2.91. The van der Waals surface area contributed by atoms with Gasteiger partial charge in [-0.25, -0.2) is 4.39 Å². The molecular formula is C30H31FN4O2. The highest BCUT2D eigenvalue weighted by Crippen LogP contribution is 2.28. The quantitative estimate of drug-likeness (QED) is 0.456. The minimum atomic E-state index is -0.235. The molecule has 3 heterocycles. The predicted molar refractivity (Wildman–Crippen MR) is 142 cm³/mol. The van der Waals surface area contributed by atoms with Crippen LogP contribution in [0.3, 0.4) is 0 Å². The Bertz CT molecular complexity index is 1250. The van der Waals surface area contributed by atoms with E-state index in [4.69, 9.17) is 0 Å². The van der Waals surface area contributed by atoms with Gasteiger partial charge >= 0.3 is 0 Å². The smallest absolute Gasteiger partial charge is 0.243 e. The van der Waals surface area contributed by atoms with E-state index < -0.39 is 0 Å². The van der Waals surface area contributed by atoms with Crippen molar-refractivity contribution >= 4 is 17.9 Å². The number of benzene rings is 2. The number of likely N-dealkylation sites (tertiary alicyclic amines) is 1. The van der Waals surface area contributed by atoms with Gasteiger partial charge in [0.25, 0.3) is 0 Å². The number of rotatable bonds is 7. The second-order valence-electron chi connectivity index (χ2n) is 9.64. The van der Waals surface area contributed by atoms with Crippen molar-refractivity contribution in [1.82, 2.24) is 19.7 Å². The molecule has 0 aliphatic carbocycles. The molecule has 2 fully saturated rings. The van der Waals surface area contributed by atoms with Gasteiger partial charge in [-0.15, -0.1) is 0 Å². The maximum atomic E-state index is 13.4. The molecule has 1 aromatic heterocycles. The third-order valence-corrected chi connectivity index (χ3v) is 7.05. The van der Waals surface area contributed by atoms with Crippen LogP contribution in [0.4, 0.5) is 4.39 Å². The molecule has 2 amide bonds. The third-order valence-electron chi connectivity index (χ3n) is 7.05. The van der Waals surface area contributed by atoms with Gasteiger partial charge in [0.1, 0.15) is 5.82 Å². The number of piperidine rings is 1. The summed E-state index contributed by atoms with van der Waals surface area (Å²) >= 11 is 0. The van der Waals surface area contributed by atoms with Crippen LogP contribution in [0, 0.1) is 5.82 Å². The molecule has 0 radical (unpaired) electrons. The first kappa shape index (κ1) is 25.0. The first-order valence-electron chi connectivity index (χ1n) is 12.8.